The third kappa shape index (κ3) is 2.40. The maximum Gasteiger partial charge on any atom is 0.170 e. The zero-order valence-corrected chi connectivity index (χ0v) is 12.1. The second-order valence-corrected chi connectivity index (χ2v) is 5.25. The van der Waals surface area contributed by atoms with Crippen LogP contribution in [0.25, 0.3) is 11.0 Å². The highest BCUT2D eigenvalue weighted by atomic mass is 16.1. The predicted octanol–water partition coefficient (Wildman–Crippen LogP) is 2.89. The van der Waals surface area contributed by atoms with Crippen molar-refractivity contribution in [1.82, 2.24) is 9.55 Å². The Labute approximate surface area is 123 Å². The van der Waals surface area contributed by atoms with Crippen LogP contribution in [0.15, 0.2) is 42.5 Å². The fourth-order valence-corrected chi connectivity index (χ4v) is 2.41. The summed E-state index contributed by atoms with van der Waals surface area (Å²) in [5.74, 6) is 0.792. The number of imidazole rings is 1. The maximum atomic E-state index is 12.4. The van der Waals surface area contributed by atoms with E-state index in [9.17, 15) is 4.79 Å². The SMILES string of the molecule is Cc1ccc(C(=O)Cc2nc3ccccc3n2C)cc1N. The van der Waals surface area contributed by atoms with Crippen molar-refractivity contribution in [3.05, 3.63) is 59.4 Å². The average Bonchev–Trinajstić information content (AvgIpc) is 2.79. The minimum Gasteiger partial charge on any atom is -0.398 e. The molecule has 2 N–H and O–H groups in total. The Morgan fingerprint density at radius 3 is 2.71 bits per heavy atom. The van der Waals surface area contributed by atoms with Gasteiger partial charge in [-0.2, -0.15) is 0 Å². The molecule has 0 aliphatic rings. The van der Waals surface area contributed by atoms with Gasteiger partial charge in [-0.15, -0.1) is 0 Å². The molecule has 21 heavy (non-hydrogen) atoms. The molecule has 0 aliphatic heterocycles. The molecule has 4 heteroatoms. The van der Waals surface area contributed by atoms with Crippen molar-refractivity contribution >= 4 is 22.5 Å². The van der Waals surface area contributed by atoms with E-state index < -0.39 is 0 Å². The summed E-state index contributed by atoms with van der Waals surface area (Å²) in [5.41, 5.74) is 10.1. The van der Waals surface area contributed by atoms with Gasteiger partial charge in [0.05, 0.1) is 17.5 Å². The van der Waals surface area contributed by atoms with Gasteiger partial charge in [0.25, 0.3) is 0 Å². The van der Waals surface area contributed by atoms with Gasteiger partial charge >= 0.3 is 0 Å². The Hall–Kier alpha value is -2.62. The zero-order chi connectivity index (χ0) is 15.0. The third-order valence-electron chi connectivity index (χ3n) is 3.80. The highest BCUT2D eigenvalue weighted by molar-refractivity contribution is 5.98. The van der Waals surface area contributed by atoms with Crippen LogP contribution >= 0.6 is 0 Å². The Morgan fingerprint density at radius 1 is 1.24 bits per heavy atom. The molecular weight excluding hydrogens is 262 g/mol. The van der Waals surface area contributed by atoms with E-state index in [1.54, 1.807) is 6.07 Å². The molecule has 106 valence electrons. The number of nitrogen functional groups attached to an aromatic ring is 1. The molecule has 0 radical (unpaired) electrons. The standard InChI is InChI=1S/C17H17N3O/c1-11-7-8-12(9-13(11)18)16(21)10-17-19-14-5-3-4-6-15(14)20(17)2/h3-9H,10,18H2,1-2H3. The molecule has 0 aliphatic carbocycles. The van der Waals surface area contributed by atoms with Crippen molar-refractivity contribution in [3.8, 4) is 0 Å². The number of benzene rings is 2. The van der Waals surface area contributed by atoms with Crippen LogP contribution in [0.5, 0.6) is 0 Å². The first-order valence-electron chi connectivity index (χ1n) is 6.86. The molecule has 0 amide bonds. The highest BCUT2D eigenvalue weighted by Crippen LogP contribution is 2.18. The molecule has 0 fully saturated rings. The van der Waals surface area contributed by atoms with Gasteiger partial charge < -0.3 is 10.3 Å². The molecule has 1 aromatic heterocycles. The summed E-state index contributed by atoms with van der Waals surface area (Å²) in [4.78, 5) is 16.9. The number of fused-ring (bicyclic) bond motifs is 1. The number of rotatable bonds is 3. The second-order valence-electron chi connectivity index (χ2n) is 5.25. The van der Waals surface area contributed by atoms with Crippen LogP contribution in [0.4, 0.5) is 5.69 Å². The Balaban J connectivity index is 1.92. The number of para-hydroxylation sites is 2. The lowest BCUT2D eigenvalue weighted by Crippen LogP contribution is -2.09. The normalized spacial score (nSPS) is 11.0. The van der Waals surface area contributed by atoms with Gasteiger partial charge in [0.2, 0.25) is 0 Å². The Morgan fingerprint density at radius 2 is 2.00 bits per heavy atom. The van der Waals surface area contributed by atoms with Crippen molar-refractivity contribution < 1.29 is 4.79 Å². The number of nitrogens with two attached hydrogens (primary N) is 1. The molecule has 0 saturated heterocycles. The predicted molar refractivity (Wildman–Crippen MR) is 84.3 cm³/mol. The van der Waals surface area contributed by atoms with Gasteiger partial charge in [-0.25, -0.2) is 4.98 Å². The Kier molecular flexibility index (Phi) is 3.22. The summed E-state index contributed by atoms with van der Waals surface area (Å²) in [7, 11) is 1.93. The topological polar surface area (TPSA) is 60.9 Å². The molecule has 3 aromatic rings. The molecular formula is C17H17N3O. The summed E-state index contributed by atoms with van der Waals surface area (Å²) in [6.07, 6.45) is 0.272. The van der Waals surface area contributed by atoms with Crippen molar-refractivity contribution in [2.45, 2.75) is 13.3 Å². The van der Waals surface area contributed by atoms with Gasteiger partial charge in [0, 0.05) is 18.3 Å². The van der Waals surface area contributed by atoms with Crippen LogP contribution in [0.3, 0.4) is 0 Å². The monoisotopic (exact) mass is 279 g/mol. The lowest BCUT2D eigenvalue weighted by molar-refractivity contribution is 0.0990. The summed E-state index contributed by atoms with van der Waals surface area (Å²) >= 11 is 0. The van der Waals surface area contributed by atoms with Crippen LogP contribution in [0.1, 0.15) is 21.7 Å². The minimum absolute atomic E-state index is 0.0279. The number of hydrogen-bond donors (Lipinski definition) is 1. The minimum atomic E-state index is 0.0279. The van der Waals surface area contributed by atoms with E-state index >= 15 is 0 Å². The smallest absolute Gasteiger partial charge is 0.170 e. The van der Waals surface area contributed by atoms with Crippen LogP contribution in [0.2, 0.25) is 0 Å². The first-order chi connectivity index (χ1) is 10.1. The van der Waals surface area contributed by atoms with Crippen LogP contribution in [0, 0.1) is 6.92 Å². The number of hydrogen-bond acceptors (Lipinski definition) is 3. The van der Waals surface area contributed by atoms with Crippen molar-refractivity contribution in [3.63, 3.8) is 0 Å². The molecule has 0 unspecified atom stereocenters. The molecule has 4 nitrogen and oxygen atoms in total. The Bertz CT molecular complexity index is 833. The van der Waals surface area contributed by atoms with Gasteiger partial charge in [-0.3, -0.25) is 4.79 Å². The van der Waals surface area contributed by atoms with Crippen molar-refractivity contribution in [2.24, 2.45) is 7.05 Å². The van der Waals surface area contributed by atoms with Gasteiger partial charge in [-0.1, -0.05) is 24.3 Å². The van der Waals surface area contributed by atoms with Gasteiger partial charge in [0.15, 0.2) is 5.78 Å². The number of carbonyl (C=O) groups excluding carboxylic acids is 1. The van der Waals surface area contributed by atoms with E-state index in [1.165, 1.54) is 0 Å². The fourth-order valence-electron chi connectivity index (χ4n) is 2.41. The average molecular weight is 279 g/mol. The zero-order valence-electron chi connectivity index (χ0n) is 12.1. The van der Waals surface area contributed by atoms with E-state index in [0.29, 0.717) is 11.3 Å². The number of carbonyl (C=O) groups is 1. The number of ketones is 1. The van der Waals surface area contributed by atoms with Crippen LogP contribution in [-0.4, -0.2) is 15.3 Å². The first kappa shape index (κ1) is 13.4. The van der Waals surface area contributed by atoms with Crippen molar-refractivity contribution in [2.75, 3.05) is 5.73 Å². The molecule has 0 bridgehead atoms. The van der Waals surface area contributed by atoms with Crippen LogP contribution in [-0.2, 0) is 13.5 Å². The summed E-state index contributed by atoms with van der Waals surface area (Å²) in [6.45, 7) is 1.93. The van der Waals surface area contributed by atoms with E-state index in [4.69, 9.17) is 5.73 Å². The fraction of sp³-hybridized carbons (Fsp3) is 0.176. The number of aryl methyl sites for hydroxylation is 2. The number of nitrogens with zero attached hydrogens (tertiary/aromatic N) is 2. The number of aromatic nitrogens is 2. The molecule has 0 atom stereocenters. The molecule has 0 saturated carbocycles. The van der Waals surface area contributed by atoms with E-state index in [-0.39, 0.29) is 12.2 Å². The second kappa shape index (κ2) is 5.05. The lowest BCUT2D eigenvalue weighted by atomic mass is 10.0. The summed E-state index contributed by atoms with van der Waals surface area (Å²) in [5, 5.41) is 0. The third-order valence-corrected chi connectivity index (χ3v) is 3.80. The highest BCUT2D eigenvalue weighted by Gasteiger charge is 2.13. The van der Waals surface area contributed by atoms with Gasteiger partial charge in [0.1, 0.15) is 5.82 Å². The molecule has 0 spiro atoms. The number of Topliss-reactive ketones (excluding diaryl/α,β-unsaturated/α-hetero) is 1. The largest absolute Gasteiger partial charge is 0.398 e. The molecule has 1 heterocycles. The quantitative estimate of drug-likeness (QED) is 0.592. The first-order valence-corrected chi connectivity index (χ1v) is 6.86. The molecule has 2 aromatic carbocycles. The molecule has 3 rings (SSSR count). The van der Waals surface area contributed by atoms with Crippen LogP contribution < -0.4 is 5.73 Å². The van der Waals surface area contributed by atoms with Gasteiger partial charge in [-0.05, 0) is 30.7 Å². The summed E-state index contributed by atoms with van der Waals surface area (Å²) in [6, 6.07) is 13.3. The van der Waals surface area contributed by atoms with Crippen molar-refractivity contribution in [1.29, 1.82) is 0 Å². The van der Waals surface area contributed by atoms with E-state index in [0.717, 1.165) is 22.4 Å². The van der Waals surface area contributed by atoms with E-state index in [2.05, 4.69) is 4.98 Å². The number of anilines is 1. The maximum absolute atomic E-state index is 12.4. The van der Waals surface area contributed by atoms with E-state index in [1.807, 2.05) is 54.9 Å². The lowest BCUT2D eigenvalue weighted by Gasteiger charge is -2.05. The summed E-state index contributed by atoms with van der Waals surface area (Å²) < 4.78 is 1.96.